The van der Waals surface area contributed by atoms with Crippen LogP contribution in [-0.2, 0) is 9.47 Å². The van der Waals surface area contributed by atoms with Gasteiger partial charge < -0.3 is 9.47 Å². The van der Waals surface area contributed by atoms with E-state index >= 15 is 0 Å². The van der Waals surface area contributed by atoms with Crippen molar-refractivity contribution in [2.75, 3.05) is 0 Å². The van der Waals surface area contributed by atoms with Crippen LogP contribution in [0.1, 0.15) is 37.0 Å². The number of non-ortho nitro benzene ring substituents is 1. The van der Waals surface area contributed by atoms with E-state index in [4.69, 9.17) is 9.47 Å². The molecule has 0 N–H and O–H groups in total. The van der Waals surface area contributed by atoms with Crippen LogP contribution in [0.25, 0.3) is 0 Å². The molecule has 0 aliphatic carbocycles. The third-order valence-corrected chi connectivity index (χ3v) is 3.24. The summed E-state index contributed by atoms with van der Waals surface area (Å²) >= 11 is 0. The Morgan fingerprint density at radius 1 is 1.25 bits per heavy atom. The SMILES string of the molecule is CC1CC(OC(=O)c2ccc([N+](=O)[O-])cc2)CC(C)O1. The van der Waals surface area contributed by atoms with Gasteiger partial charge in [0, 0.05) is 25.0 Å². The Morgan fingerprint density at radius 2 is 1.80 bits per heavy atom. The molecule has 2 atom stereocenters. The molecule has 6 heteroatoms. The van der Waals surface area contributed by atoms with Crippen molar-refractivity contribution >= 4 is 11.7 Å². The highest BCUT2D eigenvalue weighted by Gasteiger charge is 2.27. The maximum Gasteiger partial charge on any atom is 0.338 e. The van der Waals surface area contributed by atoms with Gasteiger partial charge >= 0.3 is 5.97 Å². The maximum atomic E-state index is 12.0. The summed E-state index contributed by atoms with van der Waals surface area (Å²) in [6, 6.07) is 5.41. The predicted octanol–water partition coefficient (Wildman–Crippen LogP) is 2.71. The Morgan fingerprint density at radius 3 is 2.30 bits per heavy atom. The zero-order valence-electron chi connectivity index (χ0n) is 11.4. The summed E-state index contributed by atoms with van der Waals surface area (Å²) in [5.74, 6) is -0.453. The van der Waals surface area contributed by atoms with Crippen LogP contribution in [0.2, 0.25) is 0 Å². The topological polar surface area (TPSA) is 78.7 Å². The monoisotopic (exact) mass is 279 g/mol. The Balaban J connectivity index is 1.99. The molecule has 1 aromatic carbocycles. The summed E-state index contributed by atoms with van der Waals surface area (Å²) in [4.78, 5) is 22.0. The third kappa shape index (κ3) is 3.54. The van der Waals surface area contributed by atoms with Gasteiger partial charge in [-0.3, -0.25) is 10.1 Å². The van der Waals surface area contributed by atoms with Crippen molar-refractivity contribution in [2.45, 2.75) is 45.0 Å². The van der Waals surface area contributed by atoms with E-state index in [2.05, 4.69) is 0 Å². The molecule has 2 rings (SSSR count). The van der Waals surface area contributed by atoms with E-state index in [1.54, 1.807) is 0 Å². The van der Waals surface area contributed by atoms with Crippen molar-refractivity contribution in [3.8, 4) is 0 Å². The molecule has 1 saturated heterocycles. The smallest absolute Gasteiger partial charge is 0.338 e. The lowest BCUT2D eigenvalue weighted by Gasteiger charge is -2.31. The van der Waals surface area contributed by atoms with Crippen LogP contribution in [0.5, 0.6) is 0 Å². The summed E-state index contributed by atoms with van der Waals surface area (Å²) in [6.45, 7) is 3.89. The molecule has 1 aromatic rings. The van der Waals surface area contributed by atoms with Crippen LogP contribution in [0.4, 0.5) is 5.69 Å². The number of rotatable bonds is 3. The number of hydrogen-bond donors (Lipinski definition) is 0. The van der Waals surface area contributed by atoms with E-state index in [1.807, 2.05) is 13.8 Å². The first-order chi connectivity index (χ1) is 9.45. The second kappa shape index (κ2) is 6.00. The van der Waals surface area contributed by atoms with Gasteiger partial charge in [-0.25, -0.2) is 4.79 Å². The highest BCUT2D eigenvalue weighted by atomic mass is 16.6. The predicted molar refractivity (Wildman–Crippen MR) is 71.5 cm³/mol. The van der Waals surface area contributed by atoms with Gasteiger partial charge in [0.25, 0.3) is 5.69 Å². The standard InChI is InChI=1S/C14H17NO5/c1-9-7-13(8-10(2)19-9)20-14(16)11-3-5-12(6-4-11)15(17)18/h3-6,9-10,13H,7-8H2,1-2H3. The quantitative estimate of drug-likeness (QED) is 0.483. The minimum Gasteiger partial charge on any atom is -0.459 e. The number of ether oxygens (including phenoxy) is 2. The minimum absolute atomic E-state index is 0.0464. The van der Waals surface area contributed by atoms with Crippen molar-refractivity contribution in [2.24, 2.45) is 0 Å². The molecule has 0 aromatic heterocycles. The fraction of sp³-hybridized carbons (Fsp3) is 0.500. The Bertz CT molecular complexity index is 489. The van der Waals surface area contributed by atoms with E-state index in [9.17, 15) is 14.9 Å². The van der Waals surface area contributed by atoms with E-state index < -0.39 is 10.9 Å². The van der Waals surface area contributed by atoms with Crippen molar-refractivity contribution in [1.82, 2.24) is 0 Å². The summed E-state index contributed by atoms with van der Waals surface area (Å²) < 4.78 is 11.0. The van der Waals surface area contributed by atoms with E-state index in [0.29, 0.717) is 18.4 Å². The Hall–Kier alpha value is -1.95. The molecule has 1 fully saturated rings. The molecule has 0 bridgehead atoms. The second-order valence-electron chi connectivity index (χ2n) is 5.06. The first-order valence-electron chi connectivity index (χ1n) is 6.56. The lowest BCUT2D eigenvalue weighted by Crippen LogP contribution is -2.35. The van der Waals surface area contributed by atoms with E-state index in [1.165, 1.54) is 24.3 Å². The molecule has 1 aliphatic heterocycles. The number of benzene rings is 1. The van der Waals surface area contributed by atoms with Crippen molar-refractivity contribution in [1.29, 1.82) is 0 Å². The molecule has 108 valence electrons. The van der Waals surface area contributed by atoms with Gasteiger partial charge in [0.05, 0.1) is 22.7 Å². The number of nitro benzene ring substituents is 1. The molecular formula is C14H17NO5. The molecule has 0 saturated carbocycles. The number of hydrogen-bond acceptors (Lipinski definition) is 5. The van der Waals surface area contributed by atoms with Crippen LogP contribution < -0.4 is 0 Å². The largest absolute Gasteiger partial charge is 0.459 e. The molecule has 1 heterocycles. The minimum atomic E-state index is -0.503. The van der Waals surface area contributed by atoms with Crippen LogP contribution in [-0.4, -0.2) is 29.2 Å². The molecule has 1 aliphatic rings. The van der Waals surface area contributed by atoms with Gasteiger partial charge in [-0.15, -0.1) is 0 Å². The summed E-state index contributed by atoms with van der Waals surface area (Å²) in [7, 11) is 0. The molecular weight excluding hydrogens is 262 g/mol. The van der Waals surface area contributed by atoms with Gasteiger partial charge in [0.1, 0.15) is 6.10 Å². The summed E-state index contributed by atoms with van der Waals surface area (Å²) in [6.07, 6.45) is 1.30. The van der Waals surface area contributed by atoms with Gasteiger partial charge in [0.15, 0.2) is 0 Å². The second-order valence-corrected chi connectivity index (χ2v) is 5.06. The maximum absolute atomic E-state index is 12.0. The Labute approximate surface area is 116 Å². The van der Waals surface area contributed by atoms with Crippen LogP contribution in [0.3, 0.4) is 0 Å². The molecule has 0 spiro atoms. The van der Waals surface area contributed by atoms with Crippen molar-refractivity contribution < 1.29 is 19.2 Å². The third-order valence-electron chi connectivity index (χ3n) is 3.24. The highest BCUT2D eigenvalue weighted by molar-refractivity contribution is 5.89. The van der Waals surface area contributed by atoms with E-state index in [-0.39, 0.29) is 24.0 Å². The number of carbonyl (C=O) groups is 1. The molecule has 20 heavy (non-hydrogen) atoms. The lowest BCUT2D eigenvalue weighted by molar-refractivity contribution is -0.384. The van der Waals surface area contributed by atoms with Gasteiger partial charge in [-0.2, -0.15) is 0 Å². The summed E-state index contributed by atoms with van der Waals surface area (Å²) in [5, 5.41) is 10.5. The average Bonchev–Trinajstić information content (AvgIpc) is 2.37. The normalized spacial score (nSPS) is 26.0. The van der Waals surface area contributed by atoms with Crippen LogP contribution >= 0.6 is 0 Å². The first-order valence-corrected chi connectivity index (χ1v) is 6.56. The van der Waals surface area contributed by atoms with E-state index in [0.717, 1.165) is 0 Å². The lowest BCUT2D eigenvalue weighted by atomic mass is 10.0. The number of nitro groups is 1. The van der Waals surface area contributed by atoms with Crippen LogP contribution in [0.15, 0.2) is 24.3 Å². The summed E-state index contributed by atoms with van der Waals surface area (Å²) in [5.41, 5.74) is 0.275. The molecule has 2 unspecified atom stereocenters. The highest BCUT2D eigenvalue weighted by Crippen LogP contribution is 2.23. The van der Waals surface area contributed by atoms with Crippen molar-refractivity contribution in [3.63, 3.8) is 0 Å². The molecule has 0 radical (unpaired) electrons. The first kappa shape index (κ1) is 14.5. The van der Waals surface area contributed by atoms with Gasteiger partial charge in [0.2, 0.25) is 0 Å². The van der Waals surface area contributed by atoms with Crippen molar-refractivity contribution in [3.05, 3.63) is 39.9 Å². The fourth-order valence-electron chi connectivity index (χ4n) is 2.38. The number of carbonyl (C=O) groups excluding carboxylic acids is 1. The average molecular weight is 279 g/mol. The molecule has 6 nitrogen and oxygen atoms in total. The van der Waals surface area contributed by atoms with Gasteiger partial charge in [-0.05, 0) is 26.0 Å². The number of esters is 1. The zero-order valence-corrected chi connectivity index (χ0v) is 11.4. The fourth-order valence-corrected chi connectivity index (χ4v) is 2.38. The molecule has 0 amide bonds. The van der Waals surface area contributed by atoms with Crippen LogP contribution in [0, 0.1) is 10.1 Å². The Kier molecular flexibility index (Phi) is 4.34. The zero-order chi connectivity index (χ0) is 14.7. The number of nitrogens with zero attached hydrogens (tertiary/aromatic N) is 1. The van der Waals surface area contributed by atoms with Gasteiger partial charge in [-0.1, -0.05) is 0 Å².